The number of amides is 1. The summed E-state index contributed by atoms with van der Waals surface area (Å²) in [6.07, 6.45) is 2.22. The maximum atomic E-state index is 12.1. The Morgan fingerprint density at radius 1 is 1.43 bits per heavy atom. The van der Waals surface area contributed by atoms with Crippen LogP contribution >= 0.6 is 0 Å². The van der Waals surface area contributed by atoms with Crippen LogP contribution in [-0.2, 0) is 4.79 Å². The van der Waals surface area contributed by atoms with Gasteiger partial charge in [0.1, 0.15) is 0 Å². The molecule has 0 spiro atoms. The number of rotatable bonds is 4. The molecule has 2 aromatic rings. The lowest BCUT2D eigenvalue weighted by atomic mass is 10.0. The van der Waals surface area contributed by atoms with Gasteiger partial charge in [-0.05, 0) is 31.9 Å². The standard InChI is InChI=1S/C16H19N3O2/c1-12-10-16(21-18-12)17-15(20)11-19-9-5-8-14(19)13-6-3-2-4-7-13/h2-4,6-7,10,14H,5,8-9,11H2,1H3,(H,17,20). The topological polar surface area (TPSA) is 58.4 Å². The number of likely N-dealkylation sites (tertiary alicyclic amines) is 1. The molecule has 0 saturated carbocycles. The highest BCUT2D eigenvalue weighted by atomic mass is 16.5. The molecule has 5 heteroatoms. The number of hydrogen-bond acceptors (Lipinski definition) is 4. The lowest BCUT2D eigenvalue weighted by molar-refractivity contribution is -0.117. The van der Waals surface area contributed by atoms with Crippen molar-refractivity contribution in [2.24, 2.45) is 0 Å². The second-order valence-corrected chi connectivity index (χ2v) is 5.42. The van der Waals surface area contributed by atoms with Gasteiger partial charge in [-0.1, -0.05) is 35.5 Å². The smallest absolute Gasteiger partial charge is 0.240 e. The van der Waals surface area contributed by atoms with Gasteiger partial charge in [0.25, 0.3) is 0 Å². The van der Waals surface area contributed by atoms with E-state index in [1.165, 1.54) is 5.56 Å². The summed E-state index contributed by atoms with van der Waals surface area (Å²) in [5, 5.41) is 6.51. The predicted octanol–water partition coefficient (Wildman–Crippen LogP) is 2.76. The molecule has 1 aliphatic rings. The Labute approximate surface area is 123 Å². The normalized spacial score (nSPS) is 18.8. The summed E-state index contributed by atoms with van der Waals surface area (Å²) in [4.78, 5) is 14.3. The fourth-order valence-corrected chi connectivity index (χ4v) is 2.85. The number of aryl methyl sites for hydroxylation is 1. The van der Waals surface area contributed by atoms with Crippen molar-refractivity contribution in [3.63, 3.8) is 0 Å². The van der Waals surface area contributed by atoms with Crippen LogP contribution in [-0.4, -0.2) is 29.1 Å². The van der Waals surface area contributed by atoms with Gasteiger partial charge in [-0.3, -0.25) is 15.0 Å². The third-order valence-corrected chi connectivity index (χ3v) is 3.79. The molecule has 0 radical (unpaired) electrons. The van der Waals surface area contributed by atoms with E-state index in [2.05, 4.69) is 27.5 Å². The Hall–Kier alpha value is -2.14. The molecular formula is C16H19N3O2. The van der Waals surface area contributed by atoms with Crippen LogP contribution in [0.15, 0.2) is 40.9 Å². The van der Waals surface area contributed by atoms with Crippen LogP contribution in [0.3, 0.4) is 0 Å². The lowest BCUT2D eigenvalue weighted by Crippen LogP contribution is -2.32. The minimum absolute atomic E-state index is 0.0611. The summed E-state index contributed by atoms with van der Waals surface area (Å²) in [5.41, 5.74) is 2.03. The second kappa shape index (κ2) is 6.10. The molecule has 1 atom stereocenters. The van der Waals surface area contributed by atoms with Crippen molar-refractivity contribution in [1.82, 2.24) is 10.1 Å². The number of nitrogens with zero attached hydrogens (tertiary/aromatic N) is 2. The molecule has 5 nitrogen and oxygen atoms in total. The average molecular weight is 285 g/mol. The largest absolute Gasteiger partial charge is 0.338 e. The van der Waals surface area contributed by atoms with Crippen LogP contribution in [0.5, 0.6) is 0 Å². The van der Waals surface area contributed by atoms with Crippen LogP contribution < -0.4 is 5.32 Å². The zero-order valence-electron chi connectivity index (χ0n) is 12.1. The predicted molar refractivity (Wildman–Crippen MR) is 79.9 cm³/mol. The van der Waals surface area contributed by atoms with Crippen LogP contribution in [0.1, 0.15) is 30.1 Å². The highest BCUT2D eigenvalue weighted by molar-refractivity contribution is 5.91. The summed E-state index contributed by atoms with van der Waals surface area (Å²) in [6, 6.07) is 12.4. The number of carbonyl (C=O) groups excluding carboxylic acids is 1. The van der Waals surface area contributed by atoms with Crippen LogP contribution in [0.2, 0.25) is 0 Å². The second-order valence-electron chi connectivity index (χ2n) is 5.42. The summed E-state index contributed by atoms with van der Waals surface area (Å²) in [6.45, 7) is 3.15. The van der Waals surface area contributed by atoms with Gasteiger partial charge in [0, 0.05) is 12.1 Å². The van der Waals surface area contributed by atoms with Crippen LogP contribution in [0.25, 0.3) is 0 Å². The van der Waals surface area contributed by atoms with E-state index < -0.39 is 0 Å². The number of anilines is 1. The minimum Gasteiger partial charge on any atom is -0.338 e. The molecule has 21 heavy (non-hydrogen) atoms. The van der Waals surface area contributed by atoms with Gasteiger partial charge in [-0.25, -0.2) is 0 Å². The molecule has 1 aromatic heterocycles. The molecule has 1 aliphatic heterocycles. The highest BCUT2D eigenvalue weighted by Gasteiger charge is 2.27. The minimum atomic E-state index is -0.0611. The van der Waals surface area contributed by atoms with E-state index in [1.807, 2.05) is 25.1 Å². The molecular weight excluding hydrogens is 266 g/mol. The summed E-state index contributed by atoms with van der Waals surface area (Å²) < 4.78 is 5.01. The first-order chi connectivity index (χ1) is 10.2. The fraction of sp³-hybridized carbons (Fsp3) is 0.375. The molecule has 2 heterocycles. The zero-order valence-corrected chi connectivity index (χ0v) is 12.1. The molecule has 110 valence electrons. The van der Waals surface area contributed by atoms with E-state index in [1.54, 1.807) is 6.07 Å². The first kappa shape index (κ1) is 13.8. The Kier molecular flexibility index (Phi) is 4.01. The van der Waals surface area contributed by atoms with Crippen molar-refractivity contribution in [3.8, 4) is 0 Å². The van der Waals surface area contributed by atoms with E-state index in [-0.39, 0.29) is 5.91 Å². The van der Waals surface area contributed by atoms with E-state index in [0.717, 1.165) is 25.1 Å². The van der Waals surface area contributed by atoms with Gasteiger partial charge in [-0.15, -0.1) is 0 Å². The van der Waals surface area contributed by atoms with Crippen molar-refractivity contribution >= 4 is 11.8 Å². The monoisotopic (exact) mass is 285 g/mol. The molecule has 3 rings (SSSR count). The van der Waals surface area contributed by atoms with Gasteiger partial charge >= 0.3 is 0 Å². The van der Waals surface area contributed by atoms with Gasteiger partial charge < -0.3 is 4.52 Å². The lowest BCUT2D eigenvalue weighted by Gasteiger charge is -2.23. The maximum Gasteiger partial charge on any atom is 0.240 e. The van der Waals surface area contributed by atoms with Crippen molar-refractivity contribution in [2.75, 3.05) is 18.4 Å². The third-order valence-electron chi connectivity index (χ3n) is 3.79. The van der Waals surface area contributed by atoms with E-state index in [4.69, 9.17) is 4.52 Å². The number of benzene rings is 1. The molecule has 0 aliphatic carbocycles. The molecule has 1 aromatic carbocycles. The molecule has 1 amide bonds. The first-order valence-electron chi connectivity index (χ1n) is 7.24. The number of hydrogen-bond donors (Lipinski definition) is 1. The third kappa shape index (κ3) is 3.31. The molecule has 1 unspecified atom stereocenters. The van der Waals surface area contributed by atoms with Gasteiger partial charge in [0.2, 0.25) is 11.8 Å². The van der Waals surface area contributed by atoms with Crippen molar-refractivity contribution in [1.29, 1.82) is 0 Å². The Balaban J connectivity index is 1.62. The van der Waals surface area contributed by atoms with Gasteiger partial charge in [0.15, 0.2) is 0 Å². The highest BCUT2D eigenvalue weighted by Crippen LogP contribution is 2.31. The molecule has 1 saturated heterocycles. The van der Waals surface area contributed by atoms with Gasteiger partial charge in [-0.2, -0.15) is 0 Å². The molecule has 1 N–H and O–H groups in total. The maximum absolute atomic E-state index is 12.1. The Morgan fingerprint density at radius 3 is 2.95 bits per heavy atom. The summed E-state index contributed by atoms with van der Waals surface area (Å²) in [7, 11) is 0. The van der Waals surface area contributed by atoms with E-state index in [0.29, 0.717) is 18.5 Å². The van der Waals surface area contributed by atoms with Gasteiger partial charge in [0.05, 0.1) is 12.2 Å². The summed E-state index contributed by atoms with van der Waals surface area (Å²) in [5.74, 6) is 0.349. The number of carbonyl (C=O) groups is 1. The quantitative estimate of drug-likeness (QED) is 0.938. The van der Waals surface area contributed by atoms with Crippen molar-refractivity contribution < 1.29 is 9.32 Å². The van der Waals surface area contributed by atoms with Crippen molar-refractivity contribution in [3.05, 3.63) is 47.7 Å². The van der Waals surface area contributed by atoms with Crippen LogP contribution in [0, 0.1) is 6.92 Å². The molecule has 1 fully saturated rings. The fourth-order valence-electron chi connectivity index (χ4n) is 2.85. The van der Waals surface area contributed by atoms with Crippen molar-refractivity contribution in [2.45, 2.75) is 25.8 Å². The number of aromatic nitrogens is 1. The Bertz CT molecular complexity index is 609. The van der Waals surface area contributed by atoms with E-state index >= 15 is 0 Å². The first-order valence-corrected chi connectivity index (χ1v) is 7.24. The summed E-state index contributed by atoms with van der Waals surface area (Å²) >= 11 is 0. The SMILES string of the molecule is Cc1cc(NC(=O)CN2CCCC2c2ccccc2)on1. The number of nitrogens with one attached hydrogen (secondary N) is 1. The zero-order chi connectivity index (χ0) is 14.7. The average Bonchev–Trinajstić information content (AvgIpc) is 3.09. The molecule has 0 bridgehead atoms. The van der Waals surface area contributed by atoms with E-state index in [9.17, 15) is 4.79 Å². The van der Waals surface area contributed by atoms with Crippen LogP contribution in [0.4, 0.5) is 5.88 Å². The Morgan fingerprint density at radius 2 is 2.24 bits per heavy atom.